The standard InChI is InChI=1S/C23H25NO5/c1-15-4-6-17(7-5-15)22(26)24-10-8-16(9-11-24)12-18-13-19(28-2)14-20(25)21(18)23(27)29-3/h4-7,12-14,25H,8-11H2,1-3H3. The van der Waals surface area contributed by atoms with Crippen LogP contribution in [0.15, 0.2) is 42.0 Å². The minimum Gasteiger partial charge on any atom is -0.507 e. The first-order valence-electron chi connectivity index (χ1n) is 9.47. The normalized spacial score (nSPS) is 13.8. The van der Waals surface area contributed by atoms with E-state index in [1.807, 2.05) is 42.2 Å². The predicted molar refractivity (Wildman–Crippen MR) is 110 cm³/mol. The van der Waals surface area contributed by atoms with E-state index in [1.165, 1.54) is 20.3 Å². The number of phenols is 1. The third-order valence-corrected chi connectivity index (χ3v) is 5.10. The van der Waals surface area contributed by atoms with E-state index >= 15 is 0 Å². The summed E-state index contributed by atoms with van der Waals surface area (Å²) in [5, 5.41) is 10.2. The van der Waals surface area contributed by atoms with E-state index in [1.54, 1.807) is 6.07 Å². The van der Waals surface area contributed by atoms with E-state index in [-0.39, 0.29) is 17.2 Å². The number of benzene rings is 2. The first kappa shape index (κ1) is 20.5. The molecule has 1 heterocycles. The van der Waals surface area contributed by atoms with E-state index in [9.17, 15) is 14.7 Å². The fourth-order valence-electron chi connectivity index (χ4n) is 3.42. The summed E-state index contributed by atoms with van der Waals surface area (Å²) in [6.45, 7) is 3.19. The molecule has 0 atom stereocenters. The number of rotatable bonds is 4. The molecule has 1 aliphatic heterocycles. The minimum absolute atomic E-state index is 0.0262. The maximum absolute atomic E-state index is 12.7. The molecule has 0 saturated carbocycles. The topological polar surface area (TPSA) is 76.1 Å². The Morgan fingerprint density at radius 1 is 1.07 bits per heavy atom. The Morgan fingerprint density at radius 2 is 1.72 bits per heavy atom. The summed E-state index contributed by atoms with van der Waals surface area (Å²) in [7, 11) is 2.77. The lowest BCUT2D eigenvalue weighted by molar-refractivity contribution is 0.0597. The molecule has 152 valence electrons. The molecule has 1 N–H and O–H groups in total. The molecule has 0 radical (unpaired) electrons. The zero-order chi connectivity index (χ0) is 21.0. The molecule has 2 aromatic carbocycles. The van der Waals surface area contributed by atoms with Gasteiger partial charge in [0.15, 0.2) is 0 Å². The van der Waals surface area contributed by atoms with Crippen molar-refractivity contribution in [1.82, 2.24) is 4.90 Å². The van der Waals surface area contributed by atoms with Gasteiger partial charge in [0, 0.05) is 24.7 Å². The van der Waals surface area contributed by atoms with E-state index in [0.717, 1.165) is 11.1 Å². The van der Waals surface area contributed by atoms with Crippen molar-refractivity contribution in [2.24, 2.45) is 0 Å². The van der Waals surface area contributed by atoms with Gasteiger partial charge < -0.3 is 19.5 Å². The summed E-state index contributed by atoms with van der Waals surface area (Å²) in [5.41, 5.74) is 3.55. The molecular weight excluding hydrogens is 370 g/mol. The maximum Gasteiger partial charge on any atom is 0.342 e. The molecule has 0 unspecified atom stereocenters. The van der Waals surface area contributed by atoms with Crippen molar-refractivity contribution in [3.63, 3.8) is 0 Å². The average molecular weight is 395 g/mol. The van der Waals surface area contributed by atoms with Gasteiger partial charge >= 0.3 is 5.97 Å². The Kier molecular flexibility index (Phi) is 6.22. The SMILES string of the molecule is COC(=O)c1c(O)cc(OC)cc1C=C1CCN(C(=O)c2ccc(C)cc2)CC1. The summed E-state index contributed by atoms with van der Waals surface area (Å²) in [6.07, 6.45) is 3.26. The number of hydrogen-bond acceptors (Lipinski definition) is 5. The number of esters is 1. The first-order valence-corrected chi connectivity index (χ1v) is 9.47. The molecule has 0 aromatic heterocycles. The van der Waals surface area contributed by atoms with Crippen LogP contribution in [0, 0.1) is 6.92 Å². The van der Waals surface area contributed by atoms with Crippen LogP contribution in [-0.4, -0.2) is 49.2 Å². The van der Waals surface area contributed by atoms with Crippen molar-refractivity contribution < 1.29 is 24.2 Å². The Labute approximate surface area is 170 Å². The Morgan fingerprint density at radius 3 is 2.31 bits per heavy atom. The number of likely N-dealkylation sites (tertiary alicyclic amines) is 1. The van der Waals surface area contributed by atoms with E-state index < -0.39 is 5.97 Å². The van der Waals surface area contributed by atoms with Gasteiger partial charge in [0.05, 0.1) is 14.2 Å². The number of aryl methyl sites for hydroxylation is 1. The van der Waals surface area contributed by atoms with Gasteiger partial charge in [-0.15, -0.1) is 0 Å². The molecular formula is C23H25NO5. The number of hydrogen-bond donors (Lipinski definition) is 1. The summed E-state index contributed by atoms with van der Waals surface area (Å²) < 4.78 is 10.0. The fraction of sp³-hybridized carbons (Fsp3) is 0.304. The largest absolute Gasteiger partial charge is 0.507 e. The van der Waals surface area contributed by atoms with Crippen LogP contribution in [0.25, 0.3) is 6.08 Å². The van der Waals surface area contributed by atoms with Gasteiger partial charge in [0.2, 0.25) is 0 Å². The van der Waals surface area contributed by atoms with Crippen molar-refractivity contribution in [1.29, 1.82) is 0 Å². The highest BCUT2D eigenvalue weighted by atomic mass is 16.5. The van der Waals surface area contributed by atoms with E-state index in [0.29, 0.717) is 42.8 Å². The van der Waals surface area contributed by atoms with Gasteiger partial charge in [-0.25, -0.2) is 4.79 Å². The van der Waals surface area contributed by atoms with Gasteiger partial charge in [0.25, 0.3) is 5.91 Å². The minimum atomic E-state index is -0.607. The third kappa shape index (κ3) is 4.59. The lowest BCUT2D eigenvalue weighted by Gasteiger charge is -2.29. The number of ether oxygens (including phenoxy) is 2. The molecule has 0 aliphatic carbocycles. The molecule has 3 rings (SSSR count). The lowest BCUT2D eigenvalue weighted by Crippen LogP contribution is -2.36. The number of carbonyl (C=O) groups excluding carboxylic acids is 2. The van der Waals surface area contributed by atoms with Gasteiger partial charge in [-0.3, -0.25) is 4.79 Å². The Balaban J connectivity index is 1.78. The fourth-order valence-corrected chi connectivity index (χ4v) is 3.42. The number of carbonyl (C=O) groups is 2. The van der Waals surface area contributed by atoms with Crippen LogP contribution in [0.1, 0.15) is 44.7 Å². The van der Waals surface area contributed by atoms with Crippen molar-refractivity contribution in [3.8, 4) is 11.5 Å². The van der Waals surface area contributed by atoms with Crippen LogP contribution >= 0.6 is 0 Å². The van der Waals surface area contributed by atoms with Crippen LogP contribution in [0.2, 0.25) is 0 Å². The lowest BCUT2D eigenvalue weighted by atomic mass is 9.97. The van der Waals surface area contributed by atoms with Crippen LogP contribution in [0.4, 0.5) is 0 Å². The quantitative estimate of drug-likeness (QED) is 0.797. The summed E-state index contributed by atoms with van der Waals surface area (Å²) in [4.78, 5) is 26.6. The second-order valence-corrected chi connectivity index (χ2v) is 7.06. The molecule has 1 aliphatic rings. The average Bonchev–Trinajstić information content (AvgIpc) is 2.73. The second kappa shape index (κ2) is 8.82. The van der Waals surface area contributed by atoms with Crippen LogP contribution in [0.5, 0.6) is 11.5 Å². The molecule has 1 amide bonds. The summed E-state index contributed by atoms with van der Waals surface area (Å²) in [6, 6.07) is 10.7. The van der Waals surface area contributed by atoms with Crippen molar-refractivity contribution in [3.05, 3.63) is 64.2 Å². The molecule has 0 bridgehead atoms. The monoisotopic (exact) mass is 395 g/mol. The molecule has 1 saturated heterocycles. The van der Waals surface area contributed by atoms with Crippen molar-refractivity contribution >= 4 is 18.0 Å². The number of amides is 1. The Bertz CT molecular complexity index is 936. The molecule has 2 aromatic rings. The zero-order valence-electron chi connectivity index (χ0n) is 16.9. The predicted octanol–water partition coefficient (Wildman–Crippen LogP) is 3.82. The second-order valence-electron chi connectivity index (χ2n) is 7.06. The van der Waals surface area contributed by atoms with Crippen molar-refractivity contribution in [2.45, 2.75) is 19.8 Å². The number of methoxy groups -OCH3 is 2. The molecule has 29 heavy (non-hydrogen) atoms. The zero-order valence-corrected chi connectivity index (χ0v) is 16.9. The van der Waals surface area contributed by atoms with Crippen LogP contribution in [-0.2, 0) is 4.74 Å². The molecule has 1 fully saturated rings. The van der Waals surface area contributed by atoms with E-state index in [2.05, 4.69) is 0 Å². The molecule has 6 heteroatoms. The molecule has 0 spiro atoms. The highest BCUT2D eigenvalue weighted by Gasteiger charge is 2.22. The Hall–Kier alpha value is -3.28. The van der Waals surface area contributed by atoms with E-state index in [4.69, 9.17) is 9.47 Å². The van der Waals surface area contributed by atoms with Crippen LogP contribution in [0.3, 0.4) is 0 Å². The van der Waals surface area contributed by atoms with Gasteiger partial charge in [-0.1, -0.05) is 29.3 Å². The van der Waals surface area contributed by atoms with Gasteiger partial charge in [-0.05, 0) is 43.5 Å². The number of phenolic OH excluding ortho intramolecular Hbond substituents is 1. The third-order valence-electron chi connectivity index (χ3n) is 5.10. The summed E-state index contributed by atoms with van der Waals surface area (Å²) >= 11 is 0. The number of piperidine rings is 1. The van der Waals surface area contributed by atoms with Gasteiger partial charge in [0.1, 0.15) is 17.1 Å². The van der Waals surface area contributed by atoms with Crippen LogP contribution < -0.4 is 4.74 Å². The number of nitrogens with zero attached hydrogens (tertiary/aromatic N) is 1. The summed E-state index contributed by atoms with van der Waals surface area (Å²) in [5.74, 6) is -0.314. The highest BCUT2D eigenvalue weighted by molar-refractivity contribution is 5.97. The maximum atomic E-state index is 12.7. The highest BCUT2D eigenvalue weighted by Crippen LogP contribution is 2.31. The number of aromatic hydroxyl groups is 1. The molecule has 6 nitrogen and oxygen atoms in total. The van der Waals surface area contributed by atoms with Crippen molar-refractivity contribution in [2.75, 3.05) is 27.3 Å². The van der Waals surface area contributed by atoms with Gasteiger partial charge in [-0.2, -0.15) is 0 Å². The first-order chi connectivity index (χ1) is 13.9. The smallest absolute Gasteiger partial charge is 0.342 e.